The minimum Gasteiger partial charge on any atom is -0.398 e. The summed E-state index contributed by atoms with van der Waals surface area (Å²) in [5.41, 5.74) is 14.5. The van der Waals surface area contributed by atoms with E-state index in [1.54, 1.807) is 35.0 Å². The van der Waals surface area contributed by atoms with E-state index in [2.05, 4.69) is 10.4 Å². The monoisotopic (exact) mass is 513 g/mol. The predicted octanol–water partition coefficient (Wildman–Crippen LogP) is 3.56. The van der Waals surface area contributed by atoms with Crippen LogP contribution in [0.5, 0.6) is 0 Å². The van der Waals surface area contributed by atoms with Crippen LogP contribution in [0.2, 0.25) is 0 Å². The first-order chi connectivity index (χ1) is 17.0. The summed E-state index contributed by atoms with van der Waals surface area (Å²) in [6.07, 6.45) is 4.86. The minimum absolute atomic E-state index is 0.0609. The Hall–Kier alpha value is -3.34. The molecule has 2 aromatic carbocycles. The molecule has 11 heteroatoms. The van der Waals surface area contributed by atoms with Crippen molar-refractivity contribution in [3.63, 3.8) is 0 Å². The lowest BCUT2D eigenvalue weighted by molar-refractivity contribution is 0.590. The smallest absolute Gasteiger partial charge is 0.266 e. The third-order valence-electron chi connectivity index (χ3n) is 5.48. The summed E-state index contributed by atoms with van der Waals surface area (Å²) in [5.74, 6) is 1.04. The number of nitrogens with one attached hydrogen (secondary N) is 1. The van der Waals surface area contributed by atoms with Crippen LogP contribution in [0, 0.1) is 0 Å². The number of hydrogen-bond donors (Lipinski definition) is 3. The van der Waals surface area contributed by atoms with E-state index < -0.39 is 10.0 Å². The molecule has 0 saturated heterocycles. The normalized spacial score (nSPS) is 11.6. The highest BCUT2D eigenvalue weighted by atomic mass is 35.5. The molecule has 0 unspecified atom stereocenters. The Labute approximate surface area is 209 Å². The largest absolute Gasteiger partial charge is 0.398 e. The SMILES string of the molecule is NCCCNc1ccn2ncc(-c3cccc(N(CCCCl)S(=O)(=O)c4ccccc4N)c3)c2n1. The van der Waals surface area contributed by atoms with E-state index in [0.717, 1.165) is 23.4 Å². The van der Waals surface area contributed by atoms with Crippen LogP contribution in [0.15, 0.2) is 71.9 Å². The van der Waals surface area contributed by atoms with Gasteiger partial charge in [0.05, 0.1) is 17.6 Å². The van der Waals surface area contributed by atoms with Gasteiger partial charge in [0.2, 0.25) is 0 Å². The zero-order valence-corrected chi connectivity index (χ0v) is 20.7. The lowest BCUT2D eigenvalue weighted by Crippen LogP contribution is -2.32. The van der Waals surface area contributed by atoms with Crippen molar-refractivity contribution in [3.8, 4) is 11.1 Å². The van der Waals surface area contributed by atoms with E-state index in [-0.39, 0.29) is 17.1 Å². The molecule has 35 heavy (non-hydrogen) atoms. The number of hydrogen-bond acceptors (Lipinski definition) is 7. The number of nitrogen functional groups attached to an aromatic ring is 1. The maximum absolute atomic E-state index is 13.6. The number of nitrogens with zero attached hydrogens (tertiary/aromatic N) is 4. The van der Waals surface area contributed by atoms with Gasteiger partial charge in [-0.25, -0.2) is 17.9 Å². The number of aromatic nitrogens is 3. The molecule has 0 aliphatic rings. The van der Waals surface area contributed by atoms with Crippen LogP contribution in [0.1, 0.15) is 12.8 Å². The molecule has 0 fully saturated rings. The van der Waals surface area contributed by atoms with Gasteiger partial charge in [-0.05, 0) is 55.3 Å². The topological polar surface area (TPSA) is 132 Å². The number of fused-ring (bicyclic) bond motifs is 1. The van der Waals surface area contributed by atoms with Crippen LogP contribution >= 0.6 is 11.6 Å². The standard InChI is InChI=1S/C24H28ClN7O2S/c25-11-4-14-32(35(33,34)22-9-2-1-8-21(22)27)19-7-3-6-18(16-19)20-17-29-31-15-10-23(30-24(20)31)28-13-5-12-26/h1-3,6-10,15-17H,4-5,11-14,26-27H2,(H,28,30). The van der Waals surface area contributed by atoms with Crippen molar-refractivity contribution in [1.29, 1.82) is 0 Å². The second-order valence-corrected chi connectivity index (χ2v) is 10.1. The van der Waals surface area contributed by atoms with Crippen LogP contribution in [-0.4, -0.2) is 48.5 Å². The van der Waals surface area contributed by atoms with Gasteiger partial charge in [0, 0.05) is 30.7 Å². The zero-order chi connectivity index (χ0) is 24.8. The molecule has 0 aliphatic heterocycles. The van der Waals surface area contributed by atoms with Crippen molar-refractivity contribution < 1.29 is 8.42 Å². The third-order valence-corrected chi connectivity index (χ3v) is 7.65. The van der Waals surface area contributed by atoms with Crippen molar-refractivity contribution in [1.82, 2.24) is 14.6 Å². The van der Waals surface area contributed by atoms with Crippen LogP contribution in [-0.2, 0) is 10.0 Å². The molecular weight excluding hydrogens is 486 g/mol. The molecule has 184 valence electrons. The predicted molar refractivity (Wildman–Crippen MR) is 141 cm³/mol. The third kappa shape index (κ3) is 5.34. The van der Waals surface area contributed by atoms with Crippen molar-refractivity contribution in [2.45, 2.75) is 17.7 Å². The molecule has 2 aromatic heterocycles. The number of benzene rings is 2. The van der Waals surface area contributed by atoms with Crippen molar-refractivity contribution in [2.24, 2.45) is 5.73 Å². The summed E-state index contributed by atoms with van der Waals surface area (Å²) >= 11 is 5.92. The van der Waals surface area contributed by atoms with Gasteiger partial charge >= 0.3 is 0 Å². The van der Waals surface area contributed by atoms with Gasteiger partial charge in [-0.1, -0.05) is 24.3 Å². The molecule has 0 bridgehead atoms. The van der Waals surface area contributed by atoms with Crippen LogP contribution in [0.4, 0.5) is 17.2 Å². The number of anilines is 3. The Balaban J connectivity index is 1.74. The molecule has 4 rings (SSSR count). The van der Waals surface area contributed by atoms with Crippen LogP contribution < -0.4 is 21.1 Å². The fraction of sp³-hybridized carbons (Fsp3) is 0.250. The second-order valence-electron chi connectivity index (χ2n) is 7.92. The summed E-state index contributed by atoms with van der Waals surface area (Å²) < 4.78 is 30.2. The number of halogens is 1. The zero-order valence-electron chi connectivity index (χ0n) is 19.1. The molecule has 0 aliphatic carbocycles. The molecule has 0 saturated carbocycles. The molecule has 9 nitrogen and oxygen atoms in total. The van der Waals surface area contributed by atoms with Crippen molar-refractivity contribution >= 4 is 44.5 Å². The Morgan fingerprint density at radius 2 is 1.91 bits per heavy atom. The van der Waals surface area contributed by atoms with E-state index >= 15 is 0 Å². The molecule has 4 aromatic rings. The first-order valence-electron chi connectivity index (χ1n) is 11.3. The molecule has 5 N–H and O–H groups in total. The Morgan fingerprint density at radius 1 is 1.09 bits per heavy atom. The fourth-order valence-electron chi connectivity index (χ4n) is 3.74. The lowest BCUT2D eigenvalue weighted by atomic mass is 10.1. The van der Waals surface area contributed by atoms with E-state index in [9.17, 15) is 8.42 Å². The summed E-state index contributed by atoms with van der Waals surface area (Å²) in [4.78, 5) is 4.76. The van der Waals surface area contributed by atoms with Gasteiger partial charge < -0.3 is 16.8 Å². The Morgan fingerprint density at radius 3 is 2.69 bits per heavy atom. The summed E-state index contributed by atoms with van der Waals surface area (Å²) in [7, 11) is -3.91. The summed E-state index contributed by atoms with van der Waals surface area (Å²) in [5, 5.41) is 7.66. The second kappa shape index (κ2) is 10.9. The highest BCUT2D eigenvalue weighted by Gasteiger charge is 2.27. The first-order valence-corrected chi connectivity index (χ1v) is 13.2. The lowest BCUT2D eigenvalue weighted by Gasteiger charge is -2.25. The Bertz CT molecular complexity index is 1410. The van der Waals surface area contributed by atoms with E-state index in [1.807, 2.05) is 30.5 Å². The van der Waals surface area contributed by atoms with Gasteiger partial charge in [0.15, 0.2) is 5.65 Å². The highest BCUT2D eigenvalue weighted by Crippen LogP contribution is 2.32. The molecular formula is C24H28ClN7O2S. The quantitative estimate of drug-likeness (QED) is 0.159. The molecule has 0 radical (unpaired) electrons. The molecule has 0 spiro atoms. The highest BCUT2D eigenvalue weighted by molar-refractivity contribution is 7.93. The number of alkyl halides is 1. The summed E-state index contributed by atoms with van der Waals surface area (Å²) in [6, 6.07) is 15.6. The van der Waals surface area contributed by atoms with Gasteiger partial charge in [-0.2, -0.15) is 5.10 Å². The van der Waals surface area contributed by atoms with E-state index in [1.165, 1.54) is 10.4 Å². The average molecular weight is 514 g/mol. The number of sulfonamides is 1. The van der Waals surface area contributed by atoms with Gasteiger partial charge in [0.25, 0.3) is 10.0 Å². The maximum Gasteiger partial charge on any atom is 0.266 e. The van der Waals surface area contributed by atoms with E-state index in [4.69, 9.17) is 28.1 Å². The molecule has 0 amide bonds. The van der Waals surface area contributed by atoms with Crippen LogP contribution in [0.25, 0.3) is 16.8 Å². The van der Waals surface area contributed by atoms with Crippen molar-refractivity contribution in [3.05, 3.63) is 67.0 Å². The van der Waals surface area contributed by atoms with Gasteiger partial charge in [-0.3, -0.25) is 4.31 Å². The number of rotatable bonds is 11. The van der Waals surface area contributed by atoms with E-state index in [0.29, 0.717) is 36.7 Å². The van der Waals surface area contributed by atoms with Gasteiger partial charge in [-0.15, -0.1) is 11.6 Å². The molecule has 0 atom stereocenters. The fourth-order valence-corrected chi connectivity index (χ4v) is 5.48. The number of para-hydroxylation sites is 1. The van der Waals surface area contributed by atoms with Gasteiger partial charge in [0.1, 0.15) is 10.7 Å². The van der Waals surface area contributed by atoms with Crippen molar-refractivity contribution in [2.75, 3.05) is 40.9 Å². The minimum atomic E-state index is -3.91. The average Bonchev–Trinajstić information content (AvgIpc) is 3.28. The van der Waals surface area contributed by atoms with Crippen LogP contribution in [0.3, 0.4) is 0 Å². The maximum atomic E-state index is 13.6. The first kappa shape index (κ1) is 24.8. The summed E-state index contributed by atoms with van der Waals surface area (Å²) in [6.45, 7) is 1.53. The number of nitrogens with two attached hydrogens (primary N) is 2. The Kier molecular flexibility index (Phi) is 7.74. The molecule has 2 heterocycles.